The van der Waals surface area contributed by atoms with E-state index in [-0.39, 0.29) is 11.9 Å². The van der Waals surface area contributed by atoms with Gasteiger partial charge in [-0.1, -0.05) is 11.2 Å². The zero-order valence-electron chi connectivity index (χ0n) is 21.3. The van der Waals surface area contributed by atoms with Crippen LogP contribution in [0.2, 0.25) is 0 Å². The van der Waals surface area contributed by atoms with Crippen molar-refractivity contribution < 1.29 is 18.4 Å². The van der Waals surface area contributed by atoms with E-state index < -0.39 is 0 Å². The molecule has 0 saturated heterocycles. The number of pyridine rings is 2. The van der Waals surface area contributed by atoms with Gasteiger partial charge in [-0.05, 0) is 69.3 Å². The maximum Gasteiger partial charge on any atom is 0.303 e. The second-order valence-electron chi connectivity index (χ2n) is 9.01. The first-order valence-electron chi connectivity index (χ1n) is 12.1. The summed E-state index contributed by atoms with van der Waals surface area (Å²) < 4.78 is 33.0. The largest absolute Gasteiger partial charge is 0.496 e. The van der Waals surface area contributed by atoms with E-state index in [1.807, 2.05) is 55.7 Å². The highest BCUT2D eigenvalue weighted by Gasteiger charge is 2.24. The minimum Gasteiger partial charge on any atom is -0.496 e. The minimum absolute atomic E-state index is 0.240. The third-order valence-electron chi connectivity index (χ3n) is 6.63. The number of benzene rings is 2. The summed E-state index contributed by atoms with van der Waals surface area (Å²) >= 11 is 0. The summed E-state index contributed by atoms with van der Waals surface area (Å²) in [6, 6.07) is 15.6. The van der Waals surface area contributed by atoms with Gasteiger partial charge in [-0.25, -0.2) is 4.39 Å². The number of imidazole rings is 1. The van der Waals surface area contributed by atoms with E-state index in [1.165, 1.54) is 12.1 Å². The molecule has 2 aromatic carbocycles. The Morgan fingerprint density at radius 3 is 2.50 bits per heavy atom. The van der Waals surface area contributed by atoms with Crippen molar-refractivity contribution in [2.45, 2.75) is 26.8 Å². The predicted octanol–water partition coefficient (Wildman–Crippen LogP) is 6.80. The molecule has 6 aromatic rings. The average Bonchev–Trinajstić information content (AvgIpc) is 3.47. The van der Waals surface area contributed by atoms with Gasteiger partial charge in [-0.3, -0.25) is 14.5 Å². The Morgan fingerprint density at radius 1 is 1.00 bits per heavy atom. The van der Waals surface area contributed by atoms with Gasteiger partial charge in [0.2, 0.25) is 0 Å². The molecule has 0 N–H and O–H groups in total. The van der Waals surface area contributed by atoms with Crippen LogP contribution in [-0.4, -0.2) is 31.8 Å². The third kappa shape index (κ3) is 3.92. The average molecular weight is 510 g/mol. The van der Waals surface area contributed by atoms with Crippen LogP contribution in [0.5, 0.6) is 17.5 Å². The Morgan fingerprint density at radius 2 is 1.82 bits per heavy atom. The Bertz CT molecular complexity index is 1760. The standard InChI is InChI=1S/C29H24FN5O3/c1-16-27(18(3)38-34-16)22-13-24-21(14-26(22)36-4)28-25(15-32-24)33-29(37-20-10-8-19(30)9-11-20)35(28)17(2)23-7-5-6-12-31-23/h5-15,17H,1-4H3/t17-/m1/s1. The maximum atomic E-state index is 13.5. The molecule has 0 saturated carbocycles. The molecule has 0 spiro atoms. The van der Waals surface area contributed by atoms with Crippen molar-refractivity contribution >= 4 is 21.9 Å². The molecule has 8 nitrogen and oxygen atoms in total. The lowest BCUT2D eigenvalue weighted by Gasteiger charge is -2.18. The van der Waals surface area contributed by atoms with Gasteiger partial charge < -0.3 is 14.0 Å². The SMILES string of the molecule is COc1cc2c(cc1-c1c(C)noc1C)ncc1nc(Oc3ccc(F)cc3)n([C@H](C)c3ccccn3)c12. The Hall–Kier alpha value is -4.79. The molecule has 0 aliphatic heterocycles. The Labute approximate surface area is 217 Å². The zero-order chi connectivity index (χ0) is 26.4. The van der Waals surface area contributed by atoms with Gasteiger partial charge >= 0.3 is 6.01 Å². The first kappa shape index (κ1) is 23.6. The molecule has 0 bridgehead atoms. The number of fused-ring (bicyclic) bond motifs is 3. The lowest BCUT2D eigenvalue weighted by atomic mass is 10.0. The van der Waals surface area contributed by atoms with Crippen molar-refractivity contribution in [1.82, 2.24) is 24.7 Å². The van der Waals surface area contributed by atoms with E-state index in [9.17, 15) is 4.39 Å². The number of hydrogen-bond donors (Lipinski definition) is 0. The lowest BCUT2D eigenvalue weighted by molar-refractivity contribution is 0.393. The summed E-state index contributed by atoms with van der Waals surface area (Å²) in [7, 11) is 1.63. The Kier molecular flexibility index (Phi) is 5.75. The van der Waals surface area contributed by atoms with Crippen molar-refractivity contribution in [2.24, 2.45) is 0 Å². The molecule has 6 rings (SSSR count). The topological polar surface area (TPSA) is 88.1 Å². The van der Waals surface area contributed by atoms with Crippen LogP contribution in [0.1, 0.15) is 30.1 Å². The molecule has 1 atom stereocenters. The van der Waals surface area contributed by atoms with Crippen LogP contribution in [0.3, 0.4) is 0 Å². The summed E-state index contributed by atoms with van der Waals surface area (Å²) in [6.45, 7) is 5.80. The molecule has 0 amide bonds. The summed E-state index contributed by atoms with van der Waals surface area (Å²) in [5.74, 6) is 1.47. The van der Waals surface area contributed by atoms with Gasteiger partial charge in [0.1, 0.15) is 28.6 Å². The molecule has 0 aliphatic carbocycles. The summed E-state index contributed by atoms with van der Waals surface area (Å²) in [5.41, 5.74) is 5.52. The van der Waals surface area contributed by atoms with Gasteiger partial charge in [0.15, 0.2) is 0 Å². The Balaban J connectivity index is 1.62. The molecule has 38 heavy (non-hydrogen) atoms. The van der Waals surface area contributed by atoms with E-state index in [2.05, 4.69) is 10.1 Å². The van der Waals surface area contributed by atoms with Gasteiger partial charge in [0.25, 0.3) is 0 Å². The molecule has 4 heterocycles. The van der Waals surface area contributed by atoms with Crippen LogP contribution in [-0.2, 0) is 0 Å². The molecular formula is C29H24FN5O3. The predicted molar refractivity (Wildman–Crippen MR) is 141 cm³/mol. The number of methoxy groups -OCH3 is 1. The van der Waals surface area contributed by atoms with Crippen LogP contribution < -0.4 is 9.47 Å². The van der Waals surface area contributed by atoms with Crippen LogP contribution in [0, 0.1) is 19.7 Å². The monoisotopic (exact) mass is 509 g/mol. The number of aromatic nitrogens is 5. The lowest BCUT2D eigenvalue weighted by Crippen LogP contribution is -2.10. The fourth-order valence-corrected chi connectivity index (χ4v) is 4.81. The van der Waals surface area contributed by atoms with E-state index in [4.69, 9.17) is 24.0 Å². The third-order valence-corrected chi connectivity index (χ3v) is 6.63. The van der Waals surface area contributed by atoms with E-state index in [1.54, 1.807) is 31.6 Å². The van der Waals surface area contributed by atoms with Crippen molar-refractivity contribution in [1.29, 1.82) is 0 Å². The highest BCUT2D eigenvalue weighted by molar-refractivity contribution is 6.05. The second kappa shape index (κ2) is 9.26. The molecule has 0 unspecified atom stereocenters. The molecule has 0 aliphatic rings. The molecule has 0 fully saturated rings. The van der Waals surface area contributed by atoms with Crippen LogP contribution in [0.25, 0.3) is 33.1 Å². The van der Waals surface area contributed by atoms with Crippen molar-refractivity contribution in [3.8, 4) is 28.6 Å². The normalized spacial score (nSPS) is 12.2. The maximum absolute atomic E-state index is 13.5. The molecule has 4 aromatic heterocycles. The molecular weight excluding hydrogens is 485 g/mol. The van der Waals surface area contributed by atoms with E-state index >= 15 is 0 Å². The first-order valence-corrected chi connectivity index (χ1v) is 12.1. The van der Waals surface area contributed by atoms with Crippen LogP contribution in [0.4, 0.5) is 4.39 Å². The fourth-order valence-electron chi connectivity index (χ4n) is 4.81. The smallest absolute Gasteiger partial charge is 0.303 e. The molecule has 9 heteroatoms. The van der Waals surface area contributed by atoms with Gasteiger partial charge in [-0.15, -0.1) is 0 Å². The number of nitrogens with zero attached hydrogens (tertiary/aromatic N) is 5. The highest BCUT2D eigenvalue weighted by Crippen LogP contribution is 2.41. The number of rotatable bonds is 6. The number of ether oxygens (including phenoxy) is 2. The van der Waals surface area contributed by atoms with E-state index in [0.29, 0.717) is 28.8 Å². The second-order valence-corrected chi connectivity index (χ2v) is 9.01. The van der Waals surface area contributed by atoms with E-state index in [0.717, 1.165) is 38.9 Å². The highest BCUT2D eigenvalue weighted by atomic mass is 19.1. The fraction of sp³-hybridized carbons (Fsp3) is 0.172. The van der Waals surface area contributed by atoms with Crippen molar-refractivity contribution in [3.05, 3.63) is 90.0 Å². The van der Waals surface area contributed by atoms with Crippen molar-refractivity contribution in [2.75, 3.05) is 7.11 Å². The van der Waals surface area contributed by atoms with Crippen LogP contribution >= 0.6 is 0 Å². The van der Waals surface area contributed by atoms with Gasteiger partial charge in [-0.2, -0.15) is 4.98 Å². The van der Waals surface area contributed by atoms with Gasteiger partial charge in [0.05, 0.1) is 47.3 Å². The number of aryl methyl sites for hydroxylation is 2. The quantitative estimate of drug-likeness (QED) is 0.244. The van der Waals surface area contributed by atoms with Gasteiger partial charge in [0, 0.05) is 17.1 Å². The first-order chi connectivity index (χ1) is 18.4. The number of halogens is 1. The summed E-state index contributed by atoms with van der Waals surface area (Å²) in [4.78, 5) is 14.1. The minimum atomic E-state index is -0.343. The van der Waals surface area contributed by atoms with Crippen LogP contribution in [0.15, 0.2) is 71.5 Å². The molecule has 0 radical (unpaired) electrons. The number of hydrogen-bond acceptors (Lipinski definition) is 7. The summed E-state index contributed by atoms with van der Waals surface area (Å²) in [6.07, 6.45) is 3.48. The zero-order valence-corrected chi connectivity index (χ0v) is 21.3. The summed E-state index contributed by atoms with van der Waals surface area (Å²) in [5, 5.41) is 4.94. The molecule has 190 valence electrons. The van der Waals surface area contributed by atoms with Crippen molar-refractivity contribution in [3.63, 3.8) is 0 Å².